The highest BCUT2D eigenvalue weighted by molar-refractivity contribution is 7.00. The third-order valence-corrected chi connectivity index (χ3v) is 15.5. The van der Waals surface area contributed by atoms with E-state index in [1.165, 1.54) is 125 Å². The van der Waals surface area contributed by atoms with Gasteiger partial charge in [-0.15, -0.1) is 0 Å². The molecule has 0 N–H and O–H groups in total. The molecule has 2 aliphatic heterocycles. The van der Waals surface area contributed by atoms with Crippen LogP contribution in [0.1, 0.15) is 114 Å². The first-order valence-corrected chi connectivity index (χ1v) is 22.9. The first-order valence-electron chi connectivity index (χ1n) is 22.9. The summed E-state index contributed by atoms with van der Waals surface area (Å²) in [6.07, 6.45) is 2.34. The van der Waals surface area contributed by atoms with Crippen molar-refractivity contribution in [1.82, 2.24) is 0 Å². The van der Waals surface area contributed by atoms with Crippen LogP contribution in [0, 0.1) is 13.8 Å². The maximum absolute atomic E-state index is 2.68. The van der Waals surface area contributed by atoms with Gasteiger partial charge in [0.15, 0.2) is 0 Å². The summed E-state index contributed by atoms with van der Waals surface area (Å²) < 4.78 is 0. The first-order chi connectivity index (χ1) is 29.5. The van der Waals surface area contributed by atoms with E-state index in [1.807, 2.05) is 0 Å². The molecule has 62 heavy (non-hydrogen) atoms. The van der Waals surface area contributed by atoms with Gasteiger partial charge in [0.05, 0.1) is 0 Å². The smallest absolute Gasteiger partial charge is 0.252 e. The number of benzene rings is 7. The number of hydrogen-bond donors (Lipinski definition) is 0. The number of rotatable bonds is 3. The fourth-order valence-electron chi connectivity index (χ4n) is 11.8. The van der Waals surface area contributed by atoms with Crippen molar-refractivity contribution in [3.8, 4) is 22.3 Å². The zero-order chi connectivity index (χ0) is 43.2. The van der Waals surface area contributed by atoms with E-state index in [1.54, 1.807) is 0 Å². The average molecular weight is 807 g/mol. The Balaban J connectivity index is 1.31. The minimum absolute atomic E-state index is 0.0245. The molecule has 0 fully saturated rings. The molecule has 4 aliphatic rings. The van der Waals surface area contributed by atoms with E-state index < -0.39 is 0 Å². The van der Waals surface area contributed by atoms with Gasteiger partial charge in [0.25, 0.3) is 6.71 Å². The molecule has 7 aromatic rings. The lowest BCUT2D eigenvalue weighted by Crippen LogP contribution is -2.62. The molecule has 2 nitrogen and oxygen atoms in total. The lowest BCUT2D eigenvalue weighted by atomic mass is 9.32. The second-order valence-corrected chi connectivity index (χ2v) is 21.8. The van der Waals surface area contributed by atoms with Crippen LogP contribution in [0.4, 0.5) is 34.1 Å². The van der Waals surface area contributed by atoms with Crippen LogP contribution in [0.5, 0.6) is 0 Å². The third kappa shape index (κ3) is 5.55. The summed E-state index contributed by atoms with van der Waals surface area (Å²) in [6.45, 7) is 26.4. The molecule has 0 bridgehead atoms. The summed E-state index contributed by atoms with van der Waals surface area (Å²) in [6, 6.07) is 51.9. The van der Waals surface area contributed by atoms with E-state index in [0.717, 1.165) is 0 Å². The monoisotopic (exact) mass is 806 g/mol. The van der Waals surface area contributed by atoms with Crippen LogP contribution in [0.15, 0.2) is 133 Å². The molecule has 11 rings (SSSR count). The molecule has 7 aromatic carbocycles. The molecule has 0 amide bonds. The number of aryl methyl sites for hydroxylation is 2. The Bertz CT molecular complexity index is 3010. The van der Waals surface area contributed by atoms with Gasteiger partial charge in [0.2, 0.25) is 0 Å². The predicted octanol–water partition coefficient (Wildman–Crippen LogP) is 14.0. The van der Waals surface area contributed by atoms with Crippen LogP contribution in [-0.4, -0.2) is 6.71 Å². The normalized spacial score (nSPS) is 17.1. The largest absolute Gasteiger partial charge is 0.311 e. The van der Waals surface area contributed by atoms with Gasteiger partial charge >= 0.3 is 0 Å². The number of nitrogens with zero attached hydrogens (tertiary/aromatic N) is 2. The maximum atomic E-state index is 2.68. The second-order valence-electron chi connectivity index (χ2n) is 21.8. The van der Waals surface area contributed by atoms with Crippen LogP contribution in [0.25, 0.3) is 22.3 Å². The zero-order valence-corrected chi connectivity index (χ0v) is 38.6. The second kappa shape index (κ2) is 13.1. The molecule has 0 aromatic heterocycles. The van der Waals surface area contributed by atoms with Crippen molar-refractivity contribution < 1.29 is 0 Å². The standard InChI is InChI=1S/C59H59BN2/c1-36-19-15-18-24-49(36)61-51-32-42-41-22-16-17-23-43(41)59(10,11)44(42)33-47(51)60-48-34-45-46(58(8,9)28-27-57(45,6)7)35-52(48)62(50-26-25-40(29-37(50)2)56(3,4)5)54-31-39(30-53(61)55(54)60)38-20-13-12-14-21-38/h12-26,29-35H,27-28H2,1-11H3. The molecule has 0 saturated heterocycles. The summed E-state index contributed by atoms with van der Waals surface area (Å²) in [5.41, 5.74) is 26.7. The Morgan fingerprint density at radius 2 is 1.02 bits per heavy atom. The molecule has 0 spiro atoms. The maximum Gasteiger partial charge on any atom is 0.252 e. The first kappa shape index (κ1) is 39.1. The quantitative estimate of drug-likeness (QED) is 0.164. The zero-order valence-electron chi connectivity index (χ0n) is 38.6. The van der Waals surface area contributed by atoms with E-state index in [0.29, 0.717) is 0 Å². The van der Waals surface area contributed by atoms with Gasteiger partial charge in [-0.2, -0.15) is 0 Å². The molecule has 2 aliphatic carbocycles. The van der Waals surface area contributed by atoms with Crippen molar-refractivity contribution in [2.75, 3.05) is 9.80 Å². The van der Waals surface area contributed by atoms with Crippen molar-refractivity contribution in [3.05, 3.63) is 172 Å². The lowest BCUT2D eigenvalue weighted by Gasteiger charge is -2.48. The highest BCUT2D eigenvalue weighted by atomic mass is 15.2. The molecule has 0 unspecified atom stereocenters. The lowest BCUT2D eigenvalue weighted by molar-refractivity contribution is 0.332. The third-order valence-electron chi connectivity index (χ3n) is 15.5. The van der Waals surface area contributed by atoms with E-state index >= 15 is 0 Å². The van der Waals surface area contributed by atoms with Gasteiger partial charge < -0.3 is 9.80 Å². The van der Waals surface area contributed by atoms with Crippen LogP contribution >= 0.6 is 0 Å². The van der Waals surface area contributed by atoms with Crippen molar-refractivity contribution in [3.63, 3.8) is 0 Å². The molecule has 308 valence electrons. The summed E-state index contributed by atoms with van der Waals surface area (Å²) in [7, 11) is 0. The molecule has 0 atom stereocenters. The van der Waals surface area contributed by atoms with E-state index in [9.17, 15) is 0 Å². The van der Waals surface area contributed by atoms with Crippen LogP contribution in [-0.2, 0) is 21.7 Å². The van der Waals surface area contributed by atoms with Crippen molar-refractivity contribution in [2.24, 2.45) is 0 Å². The Kier molecular flexibility index (Phi) is 8.27. The van der Waals surface area contributed by atoms with Crippen LogP contribution in [0.3, 0.4) is 0 Å². The van der Waals surface area contributed by atoms with Crippen molar-refractivity contribution in [2.45, 2.75) is 111 Å². The van der Waals surface area contributed by atoms with Crippen LogP contribution in [0.2, 0.25) is 0 Å². The SMILES string of the molecule is Cc1ccccc1N1c2cc3c(cc2B2c4cc5c(cc4N(c4ccc(C(C)(C)C)cc4C)c4cc(-c6ccccc6)cc1c42)C(C)(C)CCC5(C)C)C(C)(C)c1ccccc1-3. The average Bonchev–Trinajstić information content (AvgIpc) is 3.46. The van der Waals surface area contributed by atoms with E-state index in [2.05, 4.69) is 219 Å². The van der Waals surface area contributed by atoms with E-state index in [-0.39, 0.29) is 28.4 Å². The fraction of sp³-hybridized carbons (Fsp3) is 0.288. The number of fused-ring (bicyclic) bond motifs is 8. The van der Waals surface area contributed by atoms with Gasteiger partial charge in [-0.3, -0.25) is 0 Å². The van der Waals surface area contributed by atoms with Gasteiger partial charge in [-0.05, 0) is 157 Å². The van der Waals surface area contributed by atoms with Crippen LogP contribution < -0.4 is 26.2 Å². The number of hydrogen-bond acceptors (Lipinski definition) is 2. The Hall–Kier alpha value is -5.80. The summed E-state index contributed by atoms with van der Waals surface area (Å²) >= 11 is 0. The minimum atomic E-state index is -0.133. The summed E-state index contributed by atoms with van der Waals surface area (Å²) in [5, 5.41) is 0. The molecule has 2 heterocycles. The minimum Gasteiger partial charge on any atom is -0.311 e. The summed E-state index contributed by atoms with van der Waals surface area (Å²) in [5.74, 6) is 0. The Labute approximate surface area is 370 Å². The Morgan fingerprint density at radius 1 is 0.452 bits per heavy atom. The van der Waals surface area contributed by atoms with E-state index in [4.69, 9.17) is 0 Å². The predicted molar refractivity (Wildman–Crippen MR) is 267 cm³/mol. The molecular weight excluding hydrogens is 747 g/mol. The fourth-order valence-corrected chi connectivity index (χ4v) is 11.8. The number of para-hydroxylation sites is 1. The molecular formula is C59H59BN2. The number of anilines is 6. The van der Waals surface area contributed by atoms with Gasteiger partial charge in [0.1, 0.15) is 0 Å². The van der Waals surface area contributed by atoms with Gasteiger partial charge in [0, 0.05) is 39.5 Å². The summed E-state index contributed by atoms with van der Waals surface area (Å²) in [4.78, 5) is 5.30. The van der Waals surface area contributed by atoms with Gasteiger partial charge in [-0.1, -0.05) is 159 Å². The topological polar surface area (TPSA) is 6.48 Å². The highest BCUT2D eigenvalue weighted by Crippen LogP contribution is 2.54. The Morgan fingerprint density at radius 3 is 1.66 bits per heavy atom. The molecule has 0 radical (unpaired) electrons. The van der Waals surface area contributed by atoms with Crippen molar-refractivity contribution in [1.29, 1.82) is 0 Å². The molecule has 3 heteroatoms. The highest BCUT2D eigenvalue weighted by Gasteiger charge is 2.48. The van der Waals surface area contributed by atoms with Gasteiger partial charge in [-0.25, -0.2) is 0 Å². The molecule has 0 saturated carbocycles. The van der Waals surface area contributed by atoms with Crippen molar-refractivity contribution >= 4 is 57.2 Å².